The van der Waals surface area contributed by atoms with Gasteiger partial charge in [-0.2, -0.15) is 0 Å². The largest absolute Gasteiger partial charge is 0.462 e. The van der Waals surface area contributed by atoms with Crippen LogP contribution in [-0.4, -0.2) is 24.6 Å². The van der Waals surface area contributed by atoms with Crippen LogP contribution in [0, 0.1) is 5.92 Å². The highest BCUT2D eigenvalue weighted by atomic mass is 16.6. The minimum absolute atomic E-state index is 0.145. The summed E-state index contributed by atoms with van der Waals surface area (Å²) < 4.78 is 11.2. The molecule has 0 saturated carbocycles. The van der Waals surface area contributed by atoms with Crippen LogP contribution >= 0.6 is 0 Å². The molecule has 38 heavy (non-hydrogen) atoms. The Bertz CT molecular complexity index is 517. The van der Waals surface area contributed by atoms with Gasteiger partial charge in [-0.1, -0.05) is 156 Å². The average Bonchev–Trinajstić information content (AvgIpc) is 2.88. The number of rotatable bonds is 29. The van der Waals surface area contributed by atoms with Crippen molar-refractivity contribution in [2.75, 3.05) is 6.61 Å². The van der Waals surface area contributed by atoms with Gasteiger partial charge in [-0.05, 0) is 25.2 Å². The zero-order chi connectivity index (χ0) is 28.1. The highest BCUT2D eigenvalue weighted by Crippen LogP contribution is 2.15. The first-order valence-electron chi connectivity index (χ1n) is 16.8. The van der Waals surface area contributed by atoms with Crippen molar-refractivity contribution in [1.82, 2.24) is 0 Å². The molecular weight excluding hydrogens is 472 g/mol. The van der Waals surface area contributed by atoms with Crippen molar-refractivity contribution in [1.29, 1.82) is 0 Å². The van der Waals surface area contributed by atoms with E-state index in [4.69, 9.17) is 9.47 Å². The van der Waals surface area contributed by atoms with Crippen molar-refractivity contribution in [3.8, 4) is 0 Å². The molecule has 0 aromatic heterocycles. The first-order valence-corrected chi connectivity index (χ1v) is 16.8. The first kappa shape index (κ1) is 36.9. The van der Waals surface area contributed by atoms with Crippen LogP contribution in [-0.2, 0) is 19.1 Å². The van der Waals surface area contributed by atoms with E-state index in [-0.39, 0.29) is 24.6 Å². The van der Waals surface area contributed by atoms with Gasteiger partial charge in [-0.25, -0.2) is 0 Å². The van der Waals surface area contributed by atoms with Crippen molar-refractivity contribution < 1.29 is 19.1 Å². The van der Waals surface area contributed by atoms with Crippen LogP contribution in [0.2, 0.25) is 0 Å². The second kappa shape index (κ2) is 28.9. The molecule has 0 amide bonds. The summed E-state index contributed by atoms with van der Waals surface area (Å²) in [6.45, 7) is 8.93. The van der Waals surface area contributed by atoms with Crippen molar-refractivity contribution in [2.24, 2.45) is 5.92 Å². The molecule has 0 radical (unpaired) electrons. The fourth-order valence-electron chi connectivity index (χ4n) is 5.05. The number of hydrogen-bond donors (Lipinski definition) is 0. The van der Waals surface area contributed by atoms with Crippen LogP contribution in [0.1, 0.15) is 188 Å². The van der Waals surface area contributed by atoms with Gasteiger partial charge >= 0.3 is 11.9 Å². The number of unbranched alkanes of at least 4 members (excludes halogenated alkanes) is 20. The van der Waals surface area contributed by atoms with Crippen molar-refractivity contribution in [3.05, 3.63) is 0 Å². The van der Waals surface area contributed by atoms with Gasteiger partial charge in [-0.15, -0.1) is 0 Å². The van der Waals surface area contributed by atoms with E-state index in [1.165, 1.54) is 116 Å². The Morgan fingerprint density at radius 1 is 0.500 bits per heavy atom. The maximum atomic E-state index is 12.4. The third-order valence-corrected chi connectivity index (χ3v) is 7.43. The summed E-state index contributed by atoms with van der Waals surface area (Å²) in [6.07, 6.45) is 29.2. The maximum Gasteiger partial charge on any atom is 0.306 e. The molecule has 0 saturated heterocycles. The molecule has 0 rings (SSSR count). The summed E-state index contributed by atoms with van der Waals surface area (Å²) in [5.74, 6) is 0.0872. The molecule has 0 N–H and O–H groups in total. The predicted molar refractivity (Wildman–Crippen MR) is 162 cm³/mol. The Hall–Kier alpha value is -1.06. The number of hydrogen-bond acceptors (Lipinski definition) is 4. The Kier molecular flexibility index (Phi) is 28.1. The van der Waals surface area contributed by atoms with E-state index in [1.54, 1.807) is 0 Å². The predicted octanol–water partition coefficient (Wildman–Crippen LogP) is 10.9. The van der Waals surface area contributed by atoms with Gasteiger partial charge in [0.05, 0.1) is 0 Å². The van der Waals surface area contributed by atoms with E-state index < -0.39 is 0 Å². The lowest BCUT2D eigenvalue weighted by atomic mass is 10.0. The maximum absolute atomic E-state index is 12.4. The molecule has 1 atom stereocenters. The van der Waals surface area contributed by atoms with Crippen molar-refractivity contribution in [3.63, 3.8) is 0 Å². The number of ether oxygens (including phenoxy) is 2. The van der Waals surface area contributed by atoms with Crippen LogP contribution in [0.25, 0.3) is 0 Å². The minimum Gasteiger partial charge on any atom is -0.462 e. The molecule has 0 spiro atoms. The lowest BCUT2D eigenvalue weighted by Crippen LogP contribution is -2.26. The quantitative estimate of drug-likeness (QED) is 0.0702. The van der Waals surface area contributed by atoms with Crippen LogP contribution in [0.4, 0.5) is 0 Å². The lowest BCUT2D eigenvalue weighted by Gasteiger charge is -2.20. The zero-order valence-corrected chi connectivity index (χ0v) is 26.2. The molecule has 0 aliphatic heterocycles. The van der Waals surface area contributed by atoms with E-state index in [2.05, 4.69) is 27.7 Å². The smallest absolute Gasteiger partial charge is 0.306 e. The molecule has 0 aromatic carbocycles. The van der Waals surface area contributed by atoms with Crippen molar-refractivity contribution >= 4 is 11.9 Å². The fraction of sp³-hybridized carbons (Fsp3) is 0.941. The molecular formula is C34H66O4. The molecule has 226 valence electrons. The molecule has 0 aliphatic carbocycles. The normalized spacial score (nSPS) is 12.1. The van der Waals surface area contributed by atoms with Gasteiger partial charge in [0.2, 0.25) is 0 Å². The topological polar surface area (TPSA) is 52.6 Å². The zero-order valence-electron chi connectivity index (χ0n) is 26.2. The molecule has 4 nitrogen and oxygen atoms in total. The van der Waals surface area contributed by atoms with Crippen LogP contribution in [0.15, 0.2) is 0 Å². The van der Waals surface area contributed by atoms with Crippen LogP contribution in [0.5, 0.6) is 0 Å². The van der Waals surface area contributed by atoms with Crippen molar-refractivity contribution in [2.45, 2.75) is 194 Å². The Balaban J connectivity index is 3.80. The Morgan fingerprint density at radius 3 is 1.21 bits per heavy atom. The molecule has 0 bridgehead atoms. The molecule has 0 aliphatic rings. The molecule has 0 heterocycles. The SMILES string of the molecule is CCCCCCCCCCCCCC(=O)OCC(CC(C)C)OC(=O)CCCCCCCCCCCCC. The summed E-state index contributed by atoms with van der Waals surface area (Å²) in [5, 5.41) is 0. The summed E-state index contributed by atoms with van der Waals surface area (Å²) in [6, 6.07) is 0. The number of carbonyl (C=O) groups is 2. The number of carbonyl (C=O) groups excluding carboxylic acids is 2. The van der Waals surface area contributed by atoms with Gasteiger partial charge in [-0.3, -0.25) is 9.59 Å². The van der Waals surface area contributed by atoms with E-state index >= 15 is 0 Å². The molecule has 0 fully saturated rings. The Morgan fingerprint density at radius 2 is 0.842 bits per heavy atom. The van der Waals surface area contributed by atoms with Crippen LogP contribution < -0.4 is 0 Å². The second-order valence-corrected chi connectivity index (χ2v) is 12.0. The monoisotopic (exact) mass is 538 g/mol. The summed E-state index contributed by atoms with van der Waals surface area (Å²) in [7, 11) is 0. The van der Waals surface area contributed by atoms with Gasteiger partial charge < -0.3 is 9.47 Å². The minimum atomic E-state index is -0.323. The van der Waals surface area contributed by atoms with E-state index in [0.29, 0.717) is 18.8 Å². The number of esters is 2. The summed E-state index contributed by atoms with van der Waals surface area (Å²) in [4.78, 5) is 24.6. The van der Waals surface area contributed by atoms with E-state index in [0.717, 1.165) is 32.1 Å². The first-order chi connectivity index (χ1) is 18.5. The van der Waals surface area contributed by atoms with Crippen LogP contribution in [0.3, 0.4) is 0 Å². The van der Waals surface area contributed by atoms with E-state index in [9.17, 15) is 9.59 Å². The molecule has 1 unspecified atom stereocenters. The van der Waals surface area contributed by atoms with Gasteiger partial charge in [0.25, 0.3) is 0 Å². The van der Waals surface area contributed by atoms with Gasteiger partial charge in [0, 0.05) is 12.8 Å². The lowest BCUT2D eigenvalue weighted by molar-refractivity contribution is -0.160. The van der Waals surface area contributed by atoms with E-state index in [1.807, 2.05) is 0 Å². The second-order valence-electron chi connectivity index (χ2n) is 12.0. The third kappa shape index (κ3) is 28.0. The van der Waals surface area contributed by atoms with Gasteiger partial charge in [0.15, 0.2) is 0 Å². The highest BCUT2D eigenvalue weighted by molar-refractivity contribution is 5.70. The highest BCUT2D eigenvalue weighted by Gasteiger charge is 2.18. The van der Waals surface area contributed by atoms with Gasteiger partial charge in [0.1, 0.15) is 12.7 Å². The average molecular weight is 539 g/mol. The fourth-order valence-corrected chi connectivity index (χ4v) is 5.05. The standard InChI is InChI=1S/C34H66O4/c1-5-7-9-11-13-15-17-19-21-23-25-27-33(35)37-30-32(29-31(3)4)38-34(36)28-26-24-22-20-18-16-14-12-10-8-6-2/h31-32H,5-30H2,1-4H3. The molecule has 0 aromatic rings. The molecule has 4 heteroatoms. The Labute approximate surface area is 237 Å². The third-order valence-electron chi connectivity index (χ3n) is 7.43. The summed E-state index contributed by atoms with van der Waals surface area (Å²) >= 11 is 0. The summed E-state index contributed by atoms with van der Waals surface area (Å²) in [5.41, 5.74) is 0.